The van der Waals surface area contributed by atoms with Gasteiger partial charge in [0.2, 0.25) is 39.9 Å². The first-order valence-corrected chi connectivity index (χ1v) is 27.6. The molecule has 0 unspecified atom stereocenters. The van der Waals surface area contributed by atoms with Gasteiger partial charge in [0.25, 0.3) is 0 Å². The van der Waals surface area contributed by atoms with Gasteiger partial charge < -0.3 is 0 Å². The first-order chi connectivity index (χ1) is 46.2. The van der Waals surface area contributed by atoms with Crippen LogP contribution in [0.1, 0.15) is 76.2 Å². The van der Waals surface area contributed by atoms with Crippen molar-refractivity contribution in [3.05, 3.63) is 311 Å². The third kappa shape index (κ3) is 9.64. The van der Waals surface area contributed by atoms with Gasteiger partial charge in [-0.15, -0.1) is 0 Å². The number of aromatic nitrogens is 4. The highest BCUT2D eigenvalue weighted by atomic mass is 15.0. The maximum Gasteiger partial charge on any atom is 0.216 e. The lowest BCUT2D eigenvalue weighted by atomic mass is 9.96. The van der Waals surface area contributed by atoms with Crippen LogP contribution in [0.25, 0.3) is 89.9 Å². The lowest BCUT2D eigenvalue weighted by Crippen LogP contribution is -2.36. The van der Waals surface area contributed by atoms with Crippen LogP contribution in [-0.2, 0) is 26.2 Å². The smallest absolute Gasteiger partial charge is 0.194 e. The Kier molecular flexibility index (Phi) is 10.1. The van der Waals surface area contributed by atoms with Crippen molar-refractivity contribution in [1.82, 2.24) is 0 Å². The fraction of sp³-hybridized carbons (Fsp3) is 0.128. The summed E-state index contributed by atoms with van der Waals surface area (Å²) in [5.74, 6) is 0. The Bertz CT molecular complexity index is 4990. The topological polar surface area (TPSA) is 15.5 Å². The summed E-state index contributed by atoms with van der Waals surface area (Å²) in [7, 11) is 0. The van der Waals surface area contributed by atoms with E-state index in [1.165, 1.54) is 44.8 Å². The van der Waals surface area contributed by atoms with Crippen molar-refractivity contribution in [3.8, 4) is 89.9 Å². The molecular formula is C78H68N4+4. The van der Waals surface area contributed by atoms with Crippen LogP contribution in [0.15, 0.2) is 255 Å². The van der Waals surface area contributed by atoms with Gasteiger partial charge in [0.05, 0.1) is 22.3 Å². The van der Waals surface area contributed by atoms with Crippen LogP contribution in [0.3, 0.4) is 0 Å². The number of fused-ring (bicyclic) bond motifs is 12. The van der Waals surface area contributed by atoms with E-state index in [2.05, 4.69) is 94.9 Å². The van der Waals surface area contributed by atoms with Crippen molar-refractivity contribution in [2.24, 2.45) is 0 Å². The molecule has 4 aliphatic rings. The van der Waals surface area contributed by atoms with Crippen LogP contribution in [0.4, 0.5) is 0 Å². The van der Waals surface area contributed by atoms with Gasteiger partial charge in [-0.2, -0.15) is 18.3 Å². The van der Waals surface area contributed by atoms with Gasteiger partial charge in [0, 0.05) is 107 Å². The molecule has 16 rings (SSSR count). The molecular weight excluding hydrogens is 993 g/mol. The molecule has 0 saturated carbocycles. The Morgan fingerprint density at radius 1 is 0.268 bits per heavy atom. The largest absolute Gasteiger partial charge is 0.216 e. The number of aryl methyl sites for hydroxylation is 6. The Balaban J connectivity index is 0.000000117. The molecule has 0 radical (unpaired) electrons. The van der Waals surface area contributed by atoms with Crippen LogP contribution in [0.5, 0.6) is 0 Å². The maximum absolute atomic E-state index is 7.99. The molecule has 4 nitrogen and oxygen atoms in total. The minimum absolute atomic E-state index is 0.159. The number of hydrogen-bond donors (Lipinski definition) is 0. The molecule has 0 bridgehead atoms. The van der Waals surface area contributed by atoms with E-state index in [4.69, 9.17) is 20.6 Å². The minimum Gasteiger partial charge on any atom is -0.194 e. The van der Waals surface area contributed by atoms with E-state index < -0.39 is 34.3 Å². The molecule has 0 aliphatic carbocycles. The number of benzene rings is 8. The summed E-state index contributed by atoms with van der Waals surface area (Å²) in [5.41, 5.74) is 22.2. The molecule has 0 N–H and O–H groups in total. The maximum atomic E-state index is 7.99. The van der Waals surface area contributed by atoms with Crippen LogP contribution in [0.2, 0.25) is 0 Å². The van der Waals surface area contributed by atoms with Gasteiger partial charge in [0.15, 0.2) is 32.4 Å². The summed E-state index contributed by atoms with van der Waals surface area (Å²) in [6.45, 7) is -6.53. The van der Waals surface area contributed by atoms with Gasteiger partial charge >= 0.3 is 0 Å². The van der Waals surface area contributed by atoms with Gasteiger partial charge in [-0.3, -0.25) is 0 Å². The molecule has 4 heteroatoms. The standard InChI is InChI=1S/2C20H18N.2C19H16N/c1-14-7-3-5-9-17(14)19-11-20-18-10-6-4-8-16(18)13-21(20)12-15(19)2;1-14-7-3-5-9-17(14)20-15(2)11-12-19-18-10-6-4-8-16(18)13-21(19)20;1-14-7-2-4-9-16(14)18-11-6-12-19-17-10-5-3-8-15(17)13-20(18)19;1-14-11-12-18-17-10-6-5-9-16(17)13-20(18)19(14)15-7-3-2-4-8-15/h2*3-12H,13H2,1-2H3;2*2-12H,13H2,1H3/q4*+1/i2*1D3,2D3;;1D3. The molecule has 396 valence electrons. The predicted molar refractivity (Wildman–Crippen MR) is 335 cm³/mol. The van der Waals surface area contributed by atoms with Gasteiger partial charge in [-0.05, 0) is 136 Å². The van der Waals surface area contributed by atoms with E-state index in [-0.39, 0.29) is 22.3 Å². The average molecular weight is 1080 g/mol. The summed E-state index contributed by atoms with van der Waals surface area (Å²) in [5, 5.41) is 0. The highest BCUT2D eigenvalue weighted by molar-refractivity contribution is 5.76. The summed E-state index contributed by atoms with van der Waals surface area (Å²) < 4.78 is 127. The molecule has 8 heterocycles. The zero-order valence-corrected chi connectivity index (χ0v) is 45.4. The van der Waals surface area contributed by atoms with Crippen LogP contribution >= 0.6 is 0 Å². The Hall–Kier alpha value is -9.64. The summed E-state index contributed by atoms with van der Waals surface area (Å²) >= 11 is 0. The van der Waals surface area contributed by atoms with Crippen LogP contribution in [0, 0.1) is 41.2 Å². The normalized spacial score (nSPS) is 15.5. The predicted octanol–water partition coefficient (Wildman–Crippen LogP) is 16.5. The number of nitrogens with zero attached hydrogens (tertiary/aromatic N) is 4. The van der Waals surface area contributed by atoms with Crippen molar-refractivity contribution < 1.29 is 38.8 Å². The molecule has 4 aromatic heterocycles. The minimum atomic E-state index is -2.35. The second-order valence-electron chi connectivity index (χ2n) is 21.0. The highest BCUT2D eigenvalue weighted by Gasteiger charge is 2.33. The van der Waals surface area contributed by atoms with E-state index >= 15 is 0 Å². The van der Waals surface area contributed by atoms with Crippen molar-refractivity contribution in [1.29, 1.82) is 0 Å². The van der Waals surface area contributed by atoms with E-state index in [1.54, 1.807) is 66.9 Å². The third-order valence-corrected chi connectivity index (χ3v) is 16.1. The second kappa shape index (κ2) is 22.1. The van der Waals surface area contributed by atoms with Gasteiger partial charge in [0.1, 0.15) is 0 Å². The number of rotatable bonds is 4. The second-order valence-corrected chi connectivity index (χ2v) is 21.0. The molecule has 0 saturated heterocycles. The van der Waals surface area contributed by atoms with Crippen molar-refractivity contribution >= 4 is 0 Å². The highest BCUT2D eigenvalue weighted by Crippen LogP contribution is 2.36. The quantitative estimate of drug-likeness (QED) is 0.156. The first-order valence-electron chi connectivity index (χ1n) is 35.1. The van der Waals surface area contributed by atoms with Crippen molar-refractivity contribution in [3.63, 3.8) is 0 Å². The van der Waals surface area contributed by atoms with E-state index in [0.29, 0.717) is 47.6 Å². The molecule has 8 aromatic carbocycles. The molecule has 82 heavy (non-hydrogen) atoms. The van der Waals surface area contributed by atoms with Crippen molar-refractivity contribution in [2.75, 3.05) is 0 Å². The zero-order valence-electron chi connectivity index (χ0n) is 60.4. The van der Waals surface area contributed by atoms with Gasteiger partial charge in [-0.1, -0.05) is 152 Å². The fourth-order valence-electron chi connectivity index (χ4n) is 12.1. The van der Waals surface area contributed by atoms with Crippen LogP contribution in [-0.4, -0.2) is 0 Å². The first kappa shape index (κ1) is 37.3. The lowest BCUT2D eigenvalue weighted by Gasteiger charge is -2.09. The summed E-state index contributed by atoms with van der Waals surface area (Å²) in [4.78, 5) is 0. The fourth-order valence-corrected chi connectivity index (χ4v) is 12.1. The van der Waals surface area contributed by atoms with Crippen LogP contribution < -0.4 is 18.3 Å². The number of pyridine rings is 4. The van der Waals surface area contributed by atoms with E-state index in [9.17, 15) is 0 Å². The molecule has 0 spiro atoms. The number of hydrogen-bond acceptors (Lipinski definition) is 0. The van der Waals surface area contributed by atoms with E-state index in [1.807, 2.05) is 118 Å². The molecule has 4 aliphatic heterocycles. The molecule has 0 atom stereocenters. The SMILES string of the molecule is Cc1ccccc1-c1cccc2[n+]1Cc1ccccc1-2.[2H]C([2H])([2H])c1ccc2[n+](c1-c1ccccc1)Cc1ccccc1-2.[2H]C([2H])([2H])c1ccccc1-c1c(C([2H])([2H])[2H])ccc2[n+]1Cc1ccccc1-2.[2H]C([2H])([2H])c1ccccc1-c1cc2[n+](cc1C([2H])([2H])[2H])Cc1ccccc1-2. The molecule has 12 aromatic rings. The monoisotopic (exact) mass is 1080 g/mol. The average Bonchev–Trinajstić information content (AvgIpc) is 1.74. The Morgan fingerprint density at radius 2 is 0.671 bits per heavy atom. The summed E-state index contributed by atoms with van der Waals surface area (Å²) in [6.07, 6.45) is 1.65. The molecule has 0 amide bonds. The summed E-state index contributed by atoms with van der Waals surface area (Å²) in [6, 6.07) is 80.0. The Morgan fingerprint density at radius 3 is 1.23 bits per heavy atom. The van der Waals surface area contributed by atoms with E-state index in [0.717, 1.165) is 57.1 Å². The lowest BCUT2D eigenvalue weighted by molar-refractivity contribution is -0.672. The molecule has 0 fully saturated rings. The Labute approximate surface area is 504 Å². The third-order valence-electron chi connectivity index (χ3n) is 16.1. The van der Waals surface area contributed by atoms with Gasteiger partial charge in [-0.25, -0.2) is 0 Å². The van der Waals surface area contributed by atoms with Crippen molar-refractivity contribution in [2.45, 2.75) is 67.4 Å². The zero-order chi connectivity index (χ0) is 68.3.